The van der Waals surface area contributed by atoms with E-state index in [4.69, 9.17) is 27.0 Å². The average molecular weight is 358 g/mol. The van der Waals surface area contributed by atoms with Gasteiger partial charge in [0.15, 0.2) is 0 Å². The lowest BCUT2D eigenvalue weighted by Crippen LogP contribution is -2.29. The lowest BCUT2D eigenvalue weighted by Gasteiger charge is -2.18. The molecule has 0 fully saturated rings. The van der Waals surface area contributed by atoms with E-state index in [9.17, 15) is 17.6 Å². The van der Waals surface area contributed by atoms with Crippen LogP contribution in [0, 0.1) is 5.82 Å². The molecule has 0 saturated carbocycles. The highest BCUT2D eigenvalue weighted by molar-refractivity contribution is 8.13. The van der Waals surface area contributed by atoms with E-state index >= 15 is 0 Å². The molecule has 9 heteroatoms. The molecule has 0 heterocycles. The molecule has 0 unspecified atom stereocenters. The van der Waals surface area contributed by atoms with Crippen LogP contribution in [0.3, 0.4) is 0 Å². The van der Waals surface area contributed by atoms with Crippen LogP contribution in [0.2, 0.25) is 5.02 Å². The van der Waals surface area contributed by atoms with E-state index in [0.29, 0.717) is 25.6 Å². The van der Waals surface area contributed by atoms with Gasteiger partial charge in [0, 0.05) is 38.0 Å². The minimum atomic E-state index is -4.16. The highest BCUT2D eigenvalue weighted by atomic mass is 35.7. The van der Waals surface area contributed by atoms with Crippen molar-refractivity contribution in [2.45, 2.75) is 11.3 Å². The molecule has 0 bridgehead atoms. The second kappa shape index (κ2) is 7.40. The summed E-state index contributed by atoms with van der Waals surface area (Å²) in [6.07, 6.45) is 0.576. The number of halogens is 3. The number of benzene rings is 1. The number of hydrogen-bond donors (Lipinski definition) is 0. The van der Waals surface area contributed by atoms with Gasteiger partial charge in [-0.05, 0) is 18.6 Å². The van der Waals surface area contributed by atoms with E-state index in [1.165, 1.54) is 19.1 Å². The van der Waals surface area contributed by atoms with Crippen LogP contribution in [-0.4, -0.2) is 46.5 Å². The predicted octanol–water partition coefficient (Wildman–Crippen LogP) is 2.52. The van der Waals surface area contributed by atoms with Crippen LogP contribution < -0.4 is 0 Å². The first-order valence-electron chi connectivity index (χ1n) is 5.86. The molecule has 118 valence electrons. The Hall–Kier alpha value is -0.890. The van der Waals surface area contributed by atoms with Gasteiger partial charge >= 0.3 is 0 Å². The molecule has 0 N–H and O–H groups in total. The summed E-state index contributed by atoms with van der Waals surface area (Å²) >= 11 is 5.73. The molecular formula is C12H14Cl2FNO4S. The van der Waals surface area contributed by atoms with E-state index in [-0.39, 0.29) is 5.56 Å². The van der Waals surface area contributed by atoms with Crippen molar-refractivity contribution in [1.29, 1.82) is 0 Å². The number of amides is 1. The Labute approximate surface area is 132 Å². The van der Waals surface area contributed by atoms with Crippen LogP contribution >= 0.6 is 22.3 Å². The largest absolute Gasteiger partial charge is 0.385 e. The molecule has 0 aromatic heterocycles. The van der Waals surface area contributed by atoms with Gasteiger partial charge in [-0.3, -0.25) is 4.79 Å². The first-order valence-corrected chi connectivity index (χ1v) is 8.55. The number of rotatable bonds is 6. The third-order valence-electron chi connectivity index (χ3n) is 2.70. The van der Waals surface area contributed by atoms with Gasteiger partial charge in [0.05, 0.1) is 15.5 Å². The Morgan fingerprint density at radius 3 is 2.57 bits per heavy atom. The molecule has 0 aliphatic rings. The number of carbonyl (C=O) groups excluding carboxylic acids is 1. The van der Waals surface area contributed by atoms with Gasteiger partial charge in [0.25, 0.3) is 15.0 Å². The van der Waals surface area contributed by atoms with Gasteiger partial charge in [-0.2, -0.15) is 0 Å². The maximum atomic E-state index is 13.7. The zero-order valence-electron chi connectivity index (χ0n) is 11.4. The van der Waals surface area contributed by atoms with Crippen molar-refractivity contribution in [2.24, 2.45) is 0 Å². The van der Waals surface area contributed by atoms with Gasteiger partial charge < -0.3 is 9.64 Å². The fraction of sp³-hybridized carbons (Fsp3) is 0.417. The van der Waals surface area contributed by atoms with Crippen LogP contribution in [0.1, 0.15) is 16.8 Å². The first-order chi connectivity index (χ1) is 9.68. The van der Waals surface area contributed by atoms with Gasteiger partial charge in [-0.15, -0.1) is 0 Å². The average Bonchev–Trinajstić information content (AvgIpc) is 2.39. The third-order valence-corrected chi connectivity index (χ3v) is 4.42. The minimum absolute atomic E-state index is 0.254. The third kappa shape index (κ3) is 4.81. The molecule has 0 saturated heterocycles. The van der Waals surface area contributed by atoms with Crippen LogP contribution in [0.4, 0.5) is 4.39 Å². The molecular weight excluding hydrogens is 344 g/mol. The van der Waals surface area contributed by atoms with Crippen molar-refractivity contribution in [3.8, 4) is 0 Å². The summed E-state index contributed by atoms with van der Waals surface area (Å²) in [5, 5.41) is -0.442. The molecule has 0 atom stereocenters. The predicted molar refractivity (Wildman–Crippen MR) is 77.9 cm³/mol. The normalized spacial score (nSPS) is 11.5. The second-order valence-corrected chi connectivity index (χ2v) is 7.22. The highest BCUT2D eigenvalue weighted by Gasteiger charge is 2.22. The summed E-state index contributed by atoms with van der Waals surface area (Å²) in [5.74, 6) is -1.62. The van der Waals surface area contributed by atoms with Crippen molar-refractivity contribution in [2.75, 3.05) is 27.3 Å². The molecule has 0 spiro atoms. The number of hydrogen-bond acceptors (Lipinski definition) is 4. The molecule has 0 aliphatic heterocycles. The molecule has 1 rings (SSSR count). The zero-order valence-corrected chi connectivity index (χ0v) is 13.7. The summed E-state index contributed by atoms with van der Waals surface area (Å²) in [6.45, 7) is 0.804. The summed E-state index contributed by atoms with van der Waals surface area (Å²) in [6, 6.07) is 1.63. The van der Waals surface area contributed by atoms with Crippen molar-refractivity contribution >= 4 is 37.2 Å². The number of ether oxygens (including phenoxy) is 1. The Kier molecular flexibility index (Phi) is 6.40. The van der Waals surface area contributed by atoms with Gasteiger partial charge in [-0.25, -0.2) is 12.8 Å². The highest BCUT2D eigenvalue weighted by Crippen LogP contribution is 2.27. The van der Waals surface area contributed by atoms with E-state index in [1.807, 2.05) is 0 Å². The summed E-state index contributed by atoms with van der Waals surface area (Å²) in [4.78, 5) is 13.0. The Balaban J connectivity index is 3.11. The Morgan fingerprint density at radius 2 is 2.05 bits per heavy atom. The van der Waals surface area contributed by atoms with E-state index in [1.54, 1.807) is 0 Å². The maximum absolute atomic E-state index is 13.7. The lowest BCUT2D eigenvalue weighted by molar-refractivity contribution is 0.0779. The molecule has 21 heavy (non-hydrogen) atoms. The van der Waals surface area contributed by atoms with E-state index < -0.39 is 30.7 Å². The lowest BCUT2D eigenvalue weighted by atomic mass is 10.2. The fourth-order valence-electron chi connectivity index (χ4n) is 1.61. The summed E-state index contributed by atoms with van der Waals surface area (Å²) in [5.41, 5.74) is -0.254. The van der Waals surface area contributed by atoms with Gasteiger partial charge in [0.1, 0.15) is 5.82 Å². The maximum Gasteiger partial charge on any atom is 0.261 e. The van der Waals surface area contributed by atoms with Gasteiger partial charge in [-0.1, -0.05) is 11.6 Å². The topological polar surface area (TPSA) is 63.7 Å². The van der Waals surface area contributed by atoms with E-state index in [2.05, 4.69) is 0 Å². The number of nitrogens with zero attached hydrogens (tertiary/aromatic N) is 1. The minimum Gasteiger partial charge on any atom is -0.385 e. The van der Waals surface area contributed by atoms with Crippen molar-refractivity contribution in [3.05, 3.63) is 28.5 Å². The zero-order chi connectivity index (χ0) is 16.2. The van der Waals surface area contributed by atoms with Crippen LogP contribution in [0.15, 0.2) is 17.0 Å². The molecule has 5 nitrogen and oxygen atoms in total. The molecule has 0 radical (unpaired) electrons. The van der Waals surface area contributed by atoms with Gasteiger partial charge in [0.2, 0.25) is 0 Å². The van der Waals surface area contributed by atoms with Crippen LogP contribution in [0.5, 0.6) is 0 Å². The SMILES string of the molecule is COCCCN(C)C(=O)c1cc(S(=O)(=O)Cl)cc(F)c1Cl. The monoisotopic (exact) mass is 357 g/mol. The summed E-state index contributed by atoms with van der Waals surface area (Å²) < 4.78 is 41.1. The molecule has 0 aliphatic carbocycles. The second-order valence-electron chi connectivity index (χ2n) is 4.28. The number of carbonyl (C=O) groups is 1. The van der Waals surface area contributed by atoms with Crippen molar-refractivity contribution < 1.29 is 22.3 Å². The standard InChI is InChI=1S/C12H14Cl2FNO4S/c1-16(4-3-5-20-2)12(17)9-6-8(21(14,18)19)7-10(15)11(9)13/h6-7H,3-5H2,1-2H3. The number of methoxy groups -OCH3 is 1. The fourth-order valence-corrected chi connectivity index (χ4v) is 2.57. The van der Waals surface area contributed by atoms with Crippen LogP contribution in [-0.2, 0) is 13.8 Å². The Morgan fingerprint density at radius 1 is 1.43 bits per heavy atom. The smallest absolute Gasteiger partial charge is 0.261 e. The summed E-state index contributed by atoms with van der Waals surface area (Å²) in [7, 11) is 4.03. The van der Waals surface area contributed by atoms with Crippen molar-refractivity contribution in [3.63, 3.8) is 0 Å². The van der Waals surface area contributed by atoms with Crippen molar-refractivity contribution in [1.82, 2.24) is 4.90 Å². The quantitative estimate of drug-likeness (QED) is 0.579. The Bertz CT molecular complexity index is 636. The molecule has 1 aromatic carbocycles. The first kappa shape index (κ1) is 18.2. The molecule has 1 aromatic rings. The van der Waals surface area contributed by atoms with E-state index in [0.717, 1.165) is 6.07 Å². The van der Waals surface area contributed by atoms with Crippen LogP contribution in [0.25, 0.3) is 0 Å². The molecule has 1 amide bonds.